The number of phenols is 1. The molecule has 0 aromatic heterocycles. The number of aryl methyl sites for hydroxylation is 2. The van der Waals surface area contributed by atoms with Crippen molar-refractivity contribution in [2.45, 2.75) is 79.6 Å². The van der Waals surface area contributed by atoms with Crippen molar-refractivity contribution in [3.63, 3.8) is 0 Å². The Balaban J connectivity index is 2.78. The van der Waals surface area contributed by atoms with Gasteiger partial charge in [-0.15, -0.1) is 0 Å². The standard InChI is InChI=1S/C22H36O3/c1-15(2)7-6-8-17(5)10-12-19-14-20(22(24)25)13-18(21(19)23)11-9-16(3)4/h13-17,23H,6-12H2,1-5H3,(H,24,25)/t17-/m0/s1. The highest BCUT2D eigenvalue weighted by Crippen LogP contribution is 2.29. The average Bonchev–Trinajstić information content (AvgIpc) is 2.51. The van der Waals surface area contributed by atoms with Gasteiger partial charge >= 0.3 is 5.97 Å². The maximum absolute atomic E-state index is 11.4. The van der Waals surface area contributed by atoms with Gasteiger partial charge in [0.15, 0.2) is 0 Å². The maximum atomic E-state index is 11.4. The molecule has 1 atom stereocenters. The van der Waals surface area contributed by atoms with E-state index in [1.54, 1.807) is 12.1 Å². The molecule has 0 radical (unpaired) electrons. The molecule has 0 saturated heterocycles. The van der Waals surface area contributed by atoms with Gasteiger partial charge in [-0.05, 0) is 66.7 Å². The molecular formula is C22H36O3. The number of benzene rings is 1. The molecule has 0 amide bonds. The summed E-state index contributed by atoms with van der Waals surface area (Å²) < 4.78 is 0. The number of aromatic hydroxyl groups is 1. The van der Waals surface area contributed by atoms with E-state index in [2.05, 4.69) is 34.6 Å². The van der Waals surface area contributed by atoms with Gasteiger partial charge < -0.3 is 10.2 Å². The smallest absolute Gasteiger partial charge is 0.335 e. The second kappa shape index (κ2) is 10.5. The molecular weight excluding hydrogens is 312 g/mol. The van der Waals surface area contributed by atoms with Gasteiger partial charge in [0.25, 0.3) is 0 Å². The minimum absolute atomic E-state index is 0.291. The Morgan fingerprint density at radius 2 is 1.40 bits per heavy atom. The minimum atomic E-state index is -0.919. The summed E-state index contributed by atoms with van der Waals surface area (Å²) in [6, 6.07) is 3.28. The van der Waals surface area contributed by atoms with Crippen LogP contribution < -0.4 is 0 Å². The average molecular weight is 349 g/mol. The first-order valence-corrected chi connectivity index (χ1v) is 9.78. The first kappa shape index (κ1) is 21.5. The third-order valence-corrected chi connectivity index (χ3v) is 4.89. The molecule has 1 rings (SSSR count). The predicted octanol–water partition coefficient (Wildman–Crippen LogP) is 6.07. The van der Waals surface area contributed by atoms with Crippen LogP contribution >= 0.6 is 0 Å². The Labute approximate surface area is 153 Å². The zero-order valence-electron chi connectivity index (χ0n) is 16.6. The molecule has 0 unspecified atom stereocenters. The van der Waals surface area contributed by atoms with E-state index in [4.69, 9.17) is 0 Å². The predicted molar refractivity (Wildman–Crippen MR) is 104 cm³/mol. The normalized spacial score (nSPS) is 12.8. The molecule has 0 aliphatic rings. The van der Waals surface area contributed by atoms with E-state index in [1.807, 2.05) is 0 Å². The van der Waals surface area contributed by atoms with E-state index in [0.717, 1.165) is 42.7 Å². The third-order valence-electron chi connectivity index (χ3n) is 4.89. The van der Waals surface area contributed by atoms with Crippen LogP contribution in [0.15, 0.2) is 12.1 Å². The molecule has 0 heterocycles. The van der Waals surface area contributed by atoms with Gasteiger partial charge in [-0.3, -0.25) is 0 Å². The third kappa shape index (κ3) is 7.94. The van der Waals surface area contributed by atoms with Crippen LogP contribution in [0.2, 0.25) is 0 Å². The maximum Gasteiger partial charge on any atom is 0.335 e. The zero-order valence-corrected chi connectivity index (χ0v) is 16.6. The molecule has 0 fully saturated rings. The molecule has 0 bridgehead atoms. The molecule has 1 aromatic carbocycles. The van der Waals surface area contributed by atoms with E-state index < -0.39 is 5.97 Å². The number of phenolic OH excluding ortho intramolecular Hbond substituents is 1. The number of aromatic carboxylic acids is 1. The Morgan fingerprint density at radius 1 is 0.880 bits per heavy atom. The van der Waals surface area contributed by atoms with E-state index in [-0.39, 0.29) is 0 Å². The van der Waals surface area contributed by atoms with Crippen LogP contribution in [-0.2, 0) is 12.8 Å². The van der Waals surface area contributed by atoms with Crippen molar-refractivity contribution in [3.8, 4) is 5.75 Å². The largest absolute Gasteiger partial charge is 0.507 e. The quantitative estimate of drug-likeness (QED) is 0.510. The summed E-state index contributed by atoms with van der Waals surface area (Å²) in [7, 11) is 0. The molecule has 0 aliphatic carbocycles. The SMILES string of the molecule is CC(C)CCC[C@H](C)CCc1cc(C(=O)O)cc(CCC(C)C)c1O. The highest BCUT2D eigenvalue weighted by atomic mass is 16.4. The minimum Gasteiger partial charge on any atom is -0.507 e. The van der Waals surface area contributed by atoms with Gasteiger partial charge in [0.1, 0.15) is 5.75 Å². The van der Waals surface area contributed by atoms with Gasteiger partial charge in [0.05, 0.1) is 5.56 Å². The fraction of sp³-hybridized carbons (Fsp3) is 0.682. The summed E-state index contributed by atoms with van der Waals surface area (Å²) in [5.74, 6) is 1.24. The molecule has 0 aliphatic heterocycles. The first-order chi connectivity index (χ1) is 11.7. The van der Waals surface area contributed by atoms with E-state index in [0.29, 0.717) is 23.1 Å². The zero-order chi connectivity index (χ0) is 19.0. The molecule has 25 heavy (non-hydrogen) atoms. The van der Waals surface area contributed by atoms with Gasteiger partial charge in [-0.25, -0.2) is 4.79 Å². The topological polar surface area (TPSA) is 57.5 Å². The van der Waals surface area contributed by atoms with Crippen molar-refractivity contribution in [1.29, 1.82) is 0 Å². The number of hydrogen-bond donors (Lipinski definition) is 2. The molecule has 1 aromatic rings. The Bertz CT molecular complexity index is 546. The van der Waals surface area contributed by atoms with Crippen molar-refractivity contribution >= 4 is 5.97 Å². The monoisotopic (exact) mass is 348 g/mol. The lowest BCUT2D eigenvalue weighted by molar-refractivity contribution is 0.0696. The van der Waals surface area contributed by atoms with Crippen LogP contribution in [0.5, 0.6) is 5.75 Å². The highest BCUT2D eigenvalue weighted by molar-refractivity contribution is 5.88. The number of hydrogen-bond acceptors (Lipinski definition) is 2. The number of carbonyl (C=O) groups is 1. The van der Waals surface area contributed by atoms with Crippen molar-refractivity contribution in [2.75, 3.05) is 0 Å². The number of carboxylic acid groups (broad SMARTS) is 1. The van der Waals surface area contributed by atoms with Crippen molar-refractivity contribution in [1.82, 2.24) is 0 Å². The van der Waals surface area contributed by atoms with Crippen molar-refractivity contribution < 1.29 is 15.0 Å². The summed E-state index contributed by atoms with van der Waals surface area (Å²) in [5.41, 5.74) is 1.85. The number of carboxylic acids is 1. The Hall–Kier alpha value is -1.51. The van der Waals surface area contributed by atoms with Crippen LogP contribution in [0.4, 0.5) is 0 Å². The highest BCUT2D eigenvalue weighted by Gasteiger charge is 2.15. The number of rotatable bonds is 11. The van der Waals surface area contributed by atoms with E-state index >= 15 is 0 Å². The first-order valence-electron chi connectivity index (χ1n) is 9.78. The van der Waals surface area contributed by atoms with E-state index in [1.165, 1.54) is 19.3 Å². The van der Waals surface area contributed by atoms with Crippen LogP contribution in [0.3, 0.4) is 0 Å². The summed E-state index contributed by atoms with van der Waals surface area (Å²) in [6.07, 6.45) is 7.08. The Kier molecular flexibility index (Phi) is 9.02. The van der Waals surface area contributed by atoms with Gasteiger partial charge in [0, 0.05) is 0 Å². The molecule has 0 saturated carbocycles. The Morgan fingerprint density at radius 3 is 1.88 bits per heavy atom. The second-order valence-corrected chi connectivity index (χ2v) is 8.35. The van der Waals surface area contributed by atoms with Gasteiger partial charge in [0.2, 0.25) is 0 Å². The lowest BCUT2D eigenvalue weighted by atomic mass is 9.91. The molecule has 142 valence electrons. The molecule has 3 heteroatoms. The van der Waals surface area contributed by atoms with Crippen molar-refractivity contribution in [3.05, 3.63) is 28.8 Å². The van der Waals surface area contributed by atoms with Gasteiger partial charge in [-0.1, -0.05) is 53.9 Å². The second-order valence-electron chi connectivity index (χ2n) is 8.35. The van der Waals surface area contributed by atoms with Crippen LogP contribution in [-0.4, -0.2) is 16.2 Å². The molecule has 2 N–H and O–H groups in total. The van der Waals surface area contributed by atoms with Gasteiger partial charge in [-0.2, -0.15) is 0 Å². The van der Waals surface area contributed by atoms with Crippen LogP contribution in [0, 0.1) is 17.8 Å². The van der Waals surface area contributed by atoms with Crippen LogP contribution in [0.1, 0.15) is 88.2 Å². The molecule has 3 nitrogen and oxygen atoms in total. The fourth-order valence-electron chi connectivity index (χ4n) is 3.13. The lowest BCUT2D eigenvalue weighted by Gasteiger charge is -2.15. The van der Waals surface area contributed by atoms with E-state index in [9.17, 15) is 15.0 Å². The summed E-state index contributed by atoms with van der Waals surface area (Å²) >= 11 is 0. The summed E-state index contributed by atoms with van der Waals surface area (Å²) in [4.78, 5) is 11.4. The fourth-order valence-corrected chi connectivity index (χ4v) is 3.13. The van der Waals surface area contributed by atoms with Crippen LogP contribution in [0.25, 0.3) is 0 Å². The molecule has 0 spiro atoms. The van der Waals surface area contributed by atoms with Crippen molar-refractivity contribution in [2.24, 2.45) is 17.8 Å². The summed E-state index contributed by atoms with van der Waals surface area (Å²) in [5, 5.41) is 19.9. The lowest BCUT2D eigenvalue weighted by Crippen LogP contribution is -2.04. The summed E-state index contributed by atoms with van der Waals surface area (Å²) in [6.45, 7) is 11.0.